The molecule has 166 valence electrons. The maximum absolute atomic E-state index is 14.6. The van der Waals surface area contributed by atoms with Crippen LogP contribution in [-0.2, 0) is 6.42 Å². The van der Waals surface area contributed by atoms with Crippen molar-refractivity contribution in [3.8, 4) is 23.7 Å². The summed E-state index contributed by atoms with van der Waals surface area (Å²) in [5, 5.41) is 0. The summed E-state index contributed by atoms with van der Waals surface area (Å²) in [6.07, 6.45) is 6.55. The average molecular weight is 435 g/mol. The maximum atomic E-state index is 14.6. The predicted molar refractivity (Wildman–Crippen MR) is 136 cm³/mol. The van der Waals surface area contributed by atoms with Crippen molar-refractivity contribution < 1.29 is 4.39 Å². The Hall–Kier alpha value is -3.29. The fourth-order valence-corrected chi connectivity index (χ4v) is 4.47. The molecule has 3 aromatic rings. The third-order valence-corrected chi connectivity index (χ3v) is 6.65. The Labute approximate surface area is 198 Å². The molecule has 3 aromatic carbocycles. The van der Waals surface area contributed by atoms with Gasteiger partial charge >= 0.3 is 0 Å². The van der Waals surface area contributed by atoms with Gasteiger partial charge in [0.1, 0.15) is 5.82 Å². The lowest BCUT2D eigenvalue weighted by atomic mass is 9.80. The number of benzene rings is 3. The van der Waals surface area contributed by atoms with E-state index in [1.165, 1.54) is 42.9 Å². The van der Waals surface area contributed by atoms with Crippen LogP contribution in [-0.4, -0.2) is 0 Å². The Morgan fingerprint density at radius 2 is 1.36 bits per heavy atom. The minimum Gasteiger partial charge on any atom is -0.206 e. The number of rotatable bonds is 2. The van der Waals surface area contributed by atoms with Crippen LogP contribution in [0.15, 0.2) is 60.7 Å². The van der Waals surface area contributed by atoms with Gasteiger partial charge in [-0.25, -0.2) is 4.39 Å². The first kappa shape index (κ1) is 22.9. The summed E-state index contributed by atoms with van der Waals surface area (Å²) in [6, 6.07) is 19.5. The van der Waals surface area contributed by atoms with Gasteiger partial charge in [0.25, 0.3) is 0 Å². The van der Waals surface area contributed by atoms with E-state index in [0.717, 1.165) is 34.9 Å². The molecule has 0 spiro atoms. The molecule has 0 radical (unpaired) electrons. The van der Waals surface area contributed by atoms with Crippen molar-refractivity contribution in [1.82, 2.24) is 0 Å². The lowest BCUT2D eigenvalue weighted by molar-refractivity contribution is 0.289. The Kier molecular flexibility index (Phi) is 7.32. The van der Waals surface area contributed by atoms with Crippen LogP contribution in [0.1, 0.15) is 71.6 Å². The van der Waals surface area contributed by atoms with Crippen LogP contribution in [0.25, 0.3) is 0 Å². The Morgan fingerprint density at radius 3 is 2.06 bits per heavy atom. The SMILES string of the molecule is Cc1ccc(C#Cc2ccc(C#Cc3ccc(CC4CCC(C)CC4)cc3C)c(F)c2)cc1. The molecule has 0 atom stereocenters. The summed E-state index contributed by atoms with van der Waals surface area (Å²) in [6.45, 7) is 6.50. The minimum absolute atomic E-state index is 0.334. The minimum atomic E-state index is -0.334. The molecular formula is C32H31F. The van der Waals surface area contributed by atoms with Gasteiger partial charge in [-0.3, -0.25) is 0 Å². The second-order valence-corrected chi connectivity index (χ2v) is 9.54. The fourth-order valence-electron chi connectivity index (χ4n) is 4.47. The van der Waals surface area contributed by atoms with Crippen molar-refractivity contribution in [2.75, 3.05) is 0 Å². The zero-order valence-corrected chi connectivity index (χ0v) is 19.8. The highest BCUT2D eigenvalue weighted by molar-refractivity contribution is 5.50. The summed E-state index contributed by atoms with van der Waals surface area (Å²) in [4.78, 5) is 0. The van der Waals surface area contributed by atoms with Crippen molar-refractivity contribution in [3.63, 3.8) is 0 Å². The van der Waals surface area contributed by atoms with Crippen LogP contribution >= 0.6 is 0 Å². The van der Waals surface area contributed by atoms with Gasteiger partial charge in [0.2, 0.25) is 0 Å². The zero-order valence-electron chi connectivity index (χ0n) is 19.8. The van der Waals surface area contributed by atoms with Crippen LogP contribution in [0.5, 0.6) is 0 Å². The molecule has 0 unspecified atom stereocenters. The van der Waals surface area contributed by atoms with Gasteiger partial charge in [-0.05, 0) is 92.5 Å². The molecule has 1 saturated carbocycles. The molecule has 1 fully saturated rings. The third kappa shape index (κ3) is 6.37. The normalized spacial score (nSPS) is 17.5. The van der Waals surface area contributed by atoms with E-state index in [4.69, 9.17) is 0 Å². The molecule has 4 rings (SSSR count). The van der Waals surface area contributed by atoms with Crippen LogP contribution < -0.4 is 0 Å². The van der Waals surface area contributed by atoms with E-state index in [1.807, 2.05) is 37.3 Å². The van der Waals surface area contributed by atoms with Gasteiger partial charge in [0, 0.05) is 16.7 Å². The Morgan fingerprint density at radius 1 is 0.727 bits per heavy atom. The van der Waals surface area contributed by atoms with Crippen LogP contribution in [0.2, 0.25) is 0 Å². The molecule has 0 N–H and O–H groups in total. The molecule has 0 nitrogen and oxygen atoms in total. The molecule has 33 heavy (non-hydrogen) atoms. The molecular weight excluding hydrogens is 403 g/mol. The van der Waals surface area contributed by atoms with Gasteiger partial charge in [0.05, 0.1) is 5.56 Å². The van der Waals surface area contributed by atoms with Gasteiger partial charge in [-0.2, -0.15) is 0 Å². The van der Waals surface area contributed by atoms with Crippen molar-refractivity contribution >= 4 is 0 Å². The summed E-state index contributed by atoms with van der Waals surface area (Å²) < 4.78 is 14.6. The monoisotopic (exact) mass is 434 g/mol. The van der Waals surface area contributed by atoms with Gasteiger partial charge in [-0.15, -0.1) is 0 Å². The number of hydrogen-bond donors (Lipinski definition) is 0. The van der Waals surface area contributed by atoms with Crippen LogP contribution in [0.4, 0.5) is 4.39 Å². The second kappa shape index (κ2) is 10.6. The van der Waals surface area contributed by atoms with Crippen molar-refractivity contribution in [2.45, 2.75) is 52.9 Å². The Balaban J connectivity index is 1.44. The summed E-state index contributed by atoms with van der Waals surface area (Å²) in [5.74, 6) is 13.6. The van der Waals surface area contributed by atoms with E-state index in [9.17, 15) is 4.39 Å². The van der Waals surface area contributed by atoms with Crippen molar-refractivity contribution in [2.24, 2.45) is 11.8 Å². The molecule has 0 aliphatic heterocycles. The molecule has 0 aromatic heterocycles. The fraction of sp³-hybridized carbons (Fsp3) is 0.312. The highest BCUT2D eigenvalue weighted by atomic mass is 19.1. The van der Waals surface area contributed by atoms with Crippen LogP contribution in [0.3, 0.4) is 0 Å². The maximum Gasteiger partial charge on any atom is 0.140 e. The smallest absolute Gasteiger partial charge is 0.140 e. The largest absolute Gasteiger partial charge is 0.206 e. The molecule has 1 aliphatic carbocycles. The topological polar surface area (TPSA) is 0 Å². The first-order valence-electron chi connectivity index (χ1n) is 12.0. The summed E-state index contributed by atoms with van der Waals surface area (Å²) in [7, 11) is 0. The molecule has 0 bridgehead atoms. The van der Waals surface area contributed by atoms with E-state index in [2.05, 4.69) is 55.7 Å². The van der Waals surface area contributed by atoms with Crippen LogP contribution in [0, 0.1) is 55.2 Å². The van der Waals surface area contributed by atoms with Gasteiger partial charge in [-0.1, -0.05) is 73.3 Å². The predicted octanol–water partition coefficient (Wildman–Crippen LogP) is 7.61. The number of aryl methyl sites for hydroxylation is 2. The van der Waals surface area contributed by atoms with Crippen molar-refractivity contribution in [3.05, 3.63) is 105 Å². The van der Waals surface area contributed by atoms with E-state index in [-0.39, 0.29) is 5.82 Å². The summed E-state index contributed by atoms with van der Waals surface area (Å²) >= 11 is 0. The Bertz CT molecular complexity index is 1230. The van der Waals surface area contributed by atoms with E-state index >= 15 is 0 Å². The zero-order chi connectivity index (χ0) is 23.2. The standard InChI is InChI=1S/C32H31F/c1-23-4-8-26(9-5-23)12-13-28-14-17-31(32(33)22-28)19-18-30-16-15-29(20-25(30)3)21-27-10-6-24(2)7-11-27/h4-5,8-9,14-17,20,22,24,27H,6-7,10-11,21H2,1-3H3. The van der Waals surface area contributed by atoms with E-state index in [0.29, 0.717) is 11.1 Å². The summed E-state index contributed by atoms with van der Waals surface area (Å²) in [5.41, 5.74) is 6.66. The molecule has 0 saturated heterocycles. The highest BCUT2D eigenvalue weighted by Crippen LogP contribution is 2.31. The van der Waals surface area contributed by atoms with Gasteiger partial charge < -0.3 is 0 Å². The van der Waals surface area contributed by atoms with Gasteiger partial charge in [0.15, 0.2) is 0 Å². The van der Waals surface area contributed by atoms with E-state index in [1.54, 1.807) is 6.07 Å². The lowest BCUT2D eigenvalue weighted by Gasteiger charge is -2.26. The molecule has 0 heterocycles. The average Bonchev–Trinajstić information content (AvgIpc) is 2.80. The number of hydrogen-bond acceptors (Lipinski definition) is 0. The molecule has 1 aliphatic rings. The van der Waals surface area contributed by atoms with E-state index < -0.39 is 0 Å². The third-order valence-electron chi connectivity index (χ3n) is 6.65. The molecule has 1 heteroatoms. The second-order valence-electron chi connectivity index (χ2n) is 9.54. The first-order chi connectivity index (χ1) is 16.0. The van der Waals surface area contributed by atoms with Crippen molar-refractivity contribution in [1.29, 1.82) is 0 Å². The lowest BCUT2D eigenvalue weighted by Crippen LogP contribution is -2.14. The number of halogens is 1. The first-order valence-corrected chi connectivity index (χ1v) is 12.0. The quantitative estimate of drug-likeness (QED) is 0.364. The molecule has 0 amide bonds. The highest BCUT2D eigenvalue weighted by Gasteiger charge is 2.18.